The standard InChI is InChI=1S/C7H16N/c1-4-6-7(3,8)5-2/h3-6,8H2,1-2H3/q-1. The highest BCUT2D eigenvalue weighted by Gasteiger charge is 2.03. The van der Waals surface area contributed by atoms with E-state index in [0.717, 1.165) is 19.3 Å². The molecule has 1 nitrogen and oxygen atoms in total. The fraction of sp³-hybridized carbons (Fsp3) is 0.857. The highest BCUT2D eigenvalue weighted by atomic mass is 14.7. The maximum absolute atomic E-state index is 5.72. The third kappa shape index (κ3) is 3.03. The molecule has 0 radical (unpaired) electrons. The lowest BCUT2D eigenvalue weighted by molar-refractivity contribution is 0.461. The zero-order chi connectivity index (χ0) is 6.62. The van der Waals surface area contributed by atoms with Gasteiger partial charge in [0.25, 0.3) is 0 Å². The molecule has 1 heteroatoms. The lowest BCUT2D eigenvalue weighted by Gasteiger charge is -2.29. The van der Waals surface area contributed by atoms with Gasteiger partial charge in [-0.15, -0.1) is 5.54 Å². The smallest absolute Gasteiger partial charge is 0.0570 e. The van der Waals surface area contributed by atoms with Gasteiger partial charge in [0.2, 0.25) is 0 Å². The minimum Gasteiger partial charge on any atom is -0.354 e. The number of rotatable bonds is 3. The van der Waals surface area contributed by atoms with Crippen LogP contribution in [0.5, 0.6) is 0 Å². The third-order valence-corrected chi connectivity index (χ3v) is 1.45. The molecule has 0 saturated carbocycles. The van der Waals surface area contributed by atoms with Crippen molar-refractivity contribution >= 4 is 0 Å². The molecule has 0 amide bonds. The molecule has 0 bridgehead atoms. The van der Waals surface area contributed by atoms with Gasteiger partial charge in [-0.3, -0.25) is 0 Å². The summed E-state index contributed by atoms with van der Waals surface area (Å²) in [6.07, 6.45) is 3.14. The molecular formula is C7H16N-. The van der Waals surface area contributed by atoms with Gasteiger partial charge < -0.3 is 12.7 Å². The Morgan fingerprint density at radius 2 is 2.00 bits per heavy atom. The zero-order valence-corrected chi connectivity index (χ0v) is 5.91. The van der Waals surface area contributed by atoms with Crippen LogP contribution in [-0.2, 0) is 0 Å². The van der Waals surface area contributed by atoms with Crippen molar-refractivity contribution in [3.63, 3.8) is 0 Å². The highest BCUT2D eigenvalue weighted by molar-refractivity contribution is 4.83. The average molecular weight is 114 g/mol. The first-order chi connectivity index (χ1) is 3.62. The van der Waals surface area contributed by atoms with E-state index in [4.69, 9.17) is 5.73 Å². The summed E-state index contributed by atoms with van der Waals surface area (Å²) in [5.74, 6) is 0. The summed E-state index contributed by atoms with van der Waals surface area (Å²) in [4.78, 5) is 0. The molecule has 0 fully saturated rings. The Bertz CT molecular complexity index is 57.4. The molecule has 0 heterocycles. The van der Waals surface area contributed by atoms with E-state index >= 15 is 0 Å². The van der Waals surface area contributed by atoms with Crippen LogP contribution in [0.15, 0.2) is 0 Å². The predicted octanol–water partition coefficient (Wildman–Crippen LogP) is 1.73. The van der Waals surface area contributed by atoms with Gasteiger partial charge in [-0.05, 0) is 0 Å². The molecular weight excluding hydrogens is 98.1 g/mol. The Balaban J connectivity index is 3.37. The molecule has 1 atom stereocenters. The zero-order valence-electron chi connectivity index (χ0n) is 5.91. The minimum atomic E-state index is -0.158. The molecule has 0 aromatic carbocycles. The lowest BCUT2D eigenvalue weighted by atomic mass is 9.95. The van der Waals surface area contributed by atoms with E-state index in [-0.39, 0.29) is 5.54 Å². The number of nitrogens with two attached hydrogens (primary N) is 1. The van der Waals surface area contributed by atoms with Crippen LogP contribution in [0.25, 0.3) is 0 Å². The first kappa shape index (κ1) is 7.96. The summed E-state index contributed by atoms with van der Waals surface area (Å²) in [5, 5.41) is 0. The molecule has 0 aliphatic carbocycles. The first-order valence-corrected chi connectivity index (χ1v) is 3.26. The van der Waals surface area contributed by atoms with Gasteiger partial charge in [-0.2, -0.15) is 0 Å². The Morgan fingerprint density at radius 1 is 1.50 bits per heavy atom. The van der Waals surface area contributed by atoms with E-state index in [1.807, 2.05) is 0 Å². The van der Waals surface area contributed by atoms with E-state index in [2.05, 4.69) is 20.8 Å². The summed E-state index contributed by atoms with van der Waals surface area (Å²) in [7, 11) is 0. The van der Waals surface area contributed by atoms with Crippen molar-refractivity contribution in [3.05, 3.63) is 6.92 Å². The second kappa shape index (κ2) is 3.08. The van der Waals surface area contributed by atoms with E-state index in [1.165, 1.54) is 0 Å². The third-order valence-electron chi connectivity index (χ3n) is 1.45. The normalized spacial score (nSPS) is 18.0. The second-order valence-corrected chi connectivity index (χ2v) is 2.47. The van der Waals surface area contributed by atoms with Crippen molar-refractivity contribution in [2.75, 3.05) is 0 Å². The Morgan fingerprint density at radius 3 is 2.12 bits per heavy atom. The van der Waals surface area contributed by atoms with Crippen molar-refractivity contribution < 1.29 is 0 Å². The van der Waals surface area contributed by atoms with Crippen LogP contribution in [0.2, 0.25) is 0 Å². The van der Waals surface area contributed by atoms with E-state index < -0.39 is 0 Å². The summed E-state index contributed by atoms with van der Waals surface area (Å²) in [6.45, 7) is 8.06. The lowest BCUT2D eigenvalue weighted by Crippen LogP contribution is -2.34. The van der Waals surface area contributed by atoms with Crippen molar-refractivity contribution in [1.82, 2.24) is 0 Å². The van der Waals surface area contributed by atoms with Crippen LogP contribution < -0.4 is 5.73 Å². The molecule has 0 aliphatic rings. The number of hydrogen-bond donors (Lipinski definition) is 1. The molecule has 2 N–H and O–H groups in total. The van der Waals surface area contributed by atoms with Crippen LogP contribution >= 0.6 is 0 Å². The minimum absolute atomic E-state index is 0.158. The largest absolute Gasteiger partial charge is 0.354 e. The van der Waals surface area contributed by atoms with Gasteiger partial charge in [-0.1, -0.05) is 33.1 Å². The van der Waals surface area contributed by atoms with Crippen molar-refractivity contribution in [2.24, 2.45) is 5.73 Å². The maximum Gasteiger partial charge on any atom is -0.0570 e. The van der Waals surface area contributed by atoms with E-state index in [0.29, 0.717) is 0 Å². The Labute approximate surface area is 52.3 Å². The number of hydrogen-bond acceptors (Lipinski definition) is 1. The topological polar surface area (TPSA) is 26.0 Å². The van der Waals surface area contributed by atoms with Gasteiger partial charge in [-0.25, -0.2) is 0 Å². The van der Waals surface area contributed by atoms with Crippen molar-refractivity contribution in [3.8, 4) is 0 Å². The van der Waals surface area contributed by atoms with Crippen LogP contribution in [0.1, 0.15) is 33.1 Å². The molecule has 0 aromatic heterocycles. The van der Waals surface area contributed by atoms with Gasteiger partial charge in [0.1, 0.15) is 0 Å². The maximum atomic E-state index is 5.72. The van der Waals surface area contributed by atoms with E-state index in [1.54, 1.807) is 0 Å². The molecule has 0 spiro atoms. The van der Waals surface area contributed by atoms with Gasteiger partial charge >= 0.3 is 0 Å². The molecule has 0 aromatic rings. The second-order valence-electron chi connectivity index (χ2n) is 2.47. The Hall–Kier alpha value is -0.0400. The summed E-state index contributed by atoms with van der Waals surface area (Å²) >= 11 is 0. The fourth-order valence-corrected chi connectivity index (χ4v) is 0.675. The average Bonchev–Trinajstić information content (AvgIpc) is 1.67. The molecule has 50 valence electrons. The quantitative estimate of drug-likeness (QED) is 0.555. The summed E-state index contributed by atoms with van der Waals surface area (Å²) in [6, 6.07) is 0. The Kier molecular flexibility index (Phi) is 3.06. The summed E-state index contributed by atoms with van der Waals surface area (Å²) in [5.41, 5.74) is 5.56. The molecule has 8 heavy (non-hydrogen) atoms. The van der Waals surface area contributed by atoms with Crippen molar-refractivity contribution in [2.45, 2.75) is 38.6 Å². The molecule has 1 unspecified atom stereocenters. The van der Waals surface area contributed by atoms with Gasteiger partial charge in [0.15, 0.2) is 0 Å². The molecule has 0 aliphatic heterocycles. The van der Waals surface area contributed by atoms with Crippen LogP contribution in [0.3, 0.4) is 0 Å². The SMILES string of the molecule is [CH2-]C(N)(CC)CCC. The first-order valence-electron chi connectivity index (χ1n) is 3.26. The van der Waals surface area contributed by atoms with Crippen molar-refractivity contribution in [1.29, 1.82) is 0 Å². The predicted molar refractivity (Wildman–Crippen MR) is 37.5 cm³/mol. The molecule has 0 rings (SSSR count). The highest BCUT2D eigenvalue weighted by Crippen LogP contribution is 2.10. The van der Waals surface area contributed by atoms with Crippen LogP contribution in [-0.4, -0.2) is 5.54 Å². The van der Waals surface area contributed by atoms with Gasteiger partial charge in [0.05, 0.1) is 0 Å². The fourth-order valence-electron chi connectivity index (χ4n) is 0.675. The molecule has 0 saturated heterocycles. The van der Waals surface area contributed by atoms with Crippen LogP contribution in [0, 0.1) is 6.92 Å². The van der Waals surface area contributed by atoms with E-state index in [9.17, 15) is 0 Å². The van der Waals surface area contributed by atoms with Crippen LogP contribution in [0.4, 0.5) is 0 Å². The monoisotopic (exact) mass is 114 g/mol. The van der Waals surface area contributed by atoms with Gasteiger partial charge in [0, 0.05) is 0 Å². The summed E-state index contributed by atoms with van der Waals surface area (Å²) < 4.78 is 0.